The van der Waals surface area contributed by atoms with E-state index < -0.39 is 17.8 Å². The number of rotatable bonds is 5. The lowest BCUT2D eigenvalue weighted by atomic mass is 9.61. The van der Waals surface area contributed by atoms with E-state index in [1.807, 2.05) is 13.8 Å². The lowest BCUT2D eigenvalue weighted by Gasteiger charge is -2.44. The van der Waals surface area contributed by atoms with Gasteiger partial charge in [0.15, 0.2) is 0 Å². The second-order valence-electron chi connectivity index (χ2n) is 11.3. The highest BCUT2D eigenvalue weighted by Gasteiger charge is 2.52. The highest BCUT2D eigenvalue weighted by atomic mass is 16.3. The van der Waals surface area contributed by atoms with Crippen LogP contribution in [0.2, 0.25) is 0 Å². The first-order valence-electron chi connectivity index (χ1n) is 12.3. The molecule has 3 fully saturated rings. The minimum Gasteiger partial charge on any atom is -0.393 e. The van der Waals surface area contributed by atoms with Gasteiger partial charge in [0.25, 0.3) is 0 Å². The number of hydrogen-bond donors (Lipinski definition) is 4. The van der Waals surface area contributed by atoms with Crippen LogP contribution in [-0.2, 0) is 4.79 Å². The van der Waals surface area contributed by atoms with Gasteiger partial charge in [-0.15, -0.1) is 0 Å². The van der Waals surface area contributed by atoms with Gasteiger partial charge in [0.2, 0.25) is 5.91 Å². The first-order chi connectivity index (χ1) is 14.8. The summed E-state index contributed by atoms with van der Waals surface area (Å²) >= 11 is 0. The van der Waals surface area contributed by atoms with Crippen LogP contribution in [0.4, 0.5) is 0 Å². The first-order valence-corrected chi connectivity index (χ1v) is 12.3. The summed E-state index contributed by atoms with van der Waals surface area (Å²) in [5.74, 6) is 0.694. The molecule has 7 atom stereocenters. The van der Waals surface area contributed by atoms with E-state index in [1.165, 1.54) is 5.57 Å². The molecule has 0 aromatic heterocycles. The van der Waals surface area contributed by atoms with Crippen LogP contribution in [0.15, 0.2) is 35.5 Å². The van der Waals surface area contributed by atoms with Crippen LogP contribution in [0.5, 0.6) is 0 Å². The lowest BCUT2D eigenvalue weighted by molar-refractivity contribution is -0.130. The largest absolute Gasteiger partial charge is 0.393 e. The lowest BCUT2D eigenvalue weighted by Crippen LogP contribution is -2.50. The van der Waals surface area contributed by atoms with Crippen LogP contribution in [0.1, 0.15) is 79.6 Å². The molecule has 3 rings (SSSR count). The van der Waals surface area contributed by atoms with Crippen LogP contribution in [0.3, 0.4) is 0 Å². The summed E-state index contributed by atoms with van der Waals surface area (Å²) < 4.78 is 0. The molecule has 4 N–H and O–H groups in total. The van der Waals surface area contributed by atoms with Crippen molar-refractivity contribution < 1.29 is 20.1 Å². The molecule has 0 aliphatic heterocycles. The molecule has 0 heterocycles. The van der Waals surface area contributed by atoms with E-state index in [1.54, 1.807) is 13.8 Å². The first kappa shape index (κ1) is 25.2. The van der Waals surface area contributed by atoms with Crippen molar-refractivity contribution in [2.75, 3.05) is 0 Å². The minimum absolute atomic E-state index is 0.0335. The van der Waals surface area contributed by atoms with Crippen LogP contribution in [0.25, 0.3) is 0 Å². The molecule has 32 heavy (non-hydrogen) atoms. The number of allylic oxidation sites excluding steroid dienone is 3. The Bertz CT molecular complexity index is 792. The summed E-state index contributed by atoms with van der Waals surface area (Å²) in [4.78, 5) is 13.0. The van der Waals surface area contributed by atoms with Crippen LogP contribution >= 0.6 is 0 Å². The quantitative estimate of drug-likeness (QED) is 0.514. The fraction of sp³-hybridized carbons (Fsp3) is 0.741. The number of amides is 1. The molecule has 1 amide bonds. The zero-order valence-corrected chi connectivity index (χ0v) is 20.5. The Morgan fingerprint density at radius 3 is 2.59 bits per heavy atom. The van der Waals surface area contributed by atoms with E-state index in [2.05, 4.69) is 31.0 Å². The van der Waals surface area contributed by atoms with Gasteiger partial charge in [-0.1, -0.05) is 38.2 Å². The summed E-state index contributed by atoms with van der Waals surface area (Å²) in [6.07, 6.45) is 9.40. The van der Waals surface area contributed by atoms with E-state index >= 15 is 0 Å². The molecule has 180 valence electrons. The number of aliphatic hydroxyl groups is 3. The molecular formula is C27H43NO4. The fourth-order valence-electron chi connectivity index (χ4n) is 6.27. The maximum Gasteiger partial charge on any atom is 0.223 e. The molecular weight excluding hydrogens is 402 g/mol. The minimum atomic E-state index is -0.948. The van der Waals surface area contributed by atoms with E-state index in [0.717, 1.165) is 43.3 Å². The van der Waals surface area contributed by atoms with Gasteiger partial charge in [-0.05, 0) is 87.7 Å². The second kappa shape index (κ2) is 9.44. The zero-order chi connectivity index (χ0) is 23.8. The SMILES string of the molecule is C=C1/C(=C\C=C2/CCC[C@@]3(C)C2CC[C@@H]3[C@H](C)C(=O)N[C@H](C)C(C)(C)O)C[C@@H](O)C[C@@H]1O. The number of nitrogens with one attached hydrogen (secondary N) is 1. The van der Waals surface area contributed by atoms with E-state index in [0.29, 0.717) is 24.7 Å². The molecule has 5 nitrogen and oxygen atoms in total. The maximum atomic E-state index is 13.0. The third kappa shape index (κ3) is 5.05. The molecule has 0 aromatic rings. The molecule has 5 heteroatoms. The van der Waals surface area contributed by atoms with Crippen LogP contribution in [-0.4, -0.2) is 45.1 Å². The number of carbonyl (C=O) groups is 1. The van der Waals surface area contributed by atoms with E-state index in [4.69, 9.17) is 0 Å². The van der Waals surface area contributed by atoms with Gasteiger partial charge in [-0.2, -0.15) is 0 Å². The fourth-order valence-corrected chi connectivity index (χ4v) is 6.27. The van der Waals surface area contributed by atoms with Crippen molar-refractivity contribution in [3.05, 3.63) is 35.5 Å². The monoisotopic (exact) mass is 445 g/mol. The van der Waals surface area contributed by atoms with Gasteiger partial charge in [0, 0.05) is 12.3 Å². The molecule has 0 radical (unpaired) electrons. The van der Waals surface area contributed by atoms with Crippen LogP contribution in [0, 0.1) is 23.2 Å². The molecule has 0 aromatic carbocycles. The number of hydrogen-bond acceptors (Lipinski definition) is 4. The van der Waals surface area contributed by atoms with Gasteiger partial charge in [0.05, 0.1) is 23.9 Å². The number of carbonyl (C=O) groups excluding carboxylic acids is 1. The Balaban J connectivity index is 1.76. The van der Waals surface area contributed by atoms with E-state index in [-0.39, 0.29) is 23.3 Å². The normalized spacial score (nSPS) is 37.9. The molecule has 3 saturated carbocycles. The topological polar surface area (TPSA) is 89.8 Å². The third-order valence-corrected chi connectivity index (χ3v) is 8.74. The summed E-state index contributed by atoms with van der Waals surface area (Å²) in [7, 11) is 0. The summed E-state index contributed by atoms with van der Waals surface area (Å²) in [6.45, 7) is 13.7. The Labute approximate surface area is 193 Å². The van der Waals surface area contributed by atoms with E-state index in [9.17, 15) is 20.1 Å². The van der Waals surface area contributed by atoms with Gasteiger partial charge in [0.1, 0.15) is 0 Å². The predicted molar refractivity (Wildman–Crippen MR) is 128 cm³/mol. The molecule has 0 saturated heterocycles. The molecule has 3 aliphatic rings. The molecule has 0 bridgehead atoms. The Kier molecular flexibility index (Phi) is 7.43. The van der Waals surface area contributed by atoms with Crippen molar-refractivity contribution in [3.63, 3.8) is 0 Å². The maximum absolute atomic E-state index is 13.0. The average Bonchev–Trinajstić information content (AvgIpc) is 3.05. The number of fused-ring (bicyclic) bond motifs is 1. The Morgan fingerprint density at radius 2 is 1.94 bits per heavy atom. The van der Waals surface area contributed by atoms with Gasteiger partial charge in [-0.25, -0.2) is 0 Å². The van der Waals surface area contributed by atoms with Gasteiger partial charge in [-0.3, -0.25) is 4.79 Å². The summed E-state index contributed by atoms with van der Waals surface area (Å²) in [5.41, 5.74) is 2.23. The Hall–Kier alpha value is -1.43. The van der Waals surface area contributed by atoms with Crippen molar-refractivity contribution >= 4 is 5.91 Å². The highest BCUT2D eigenvalue weighted by molar-refractivity contribution is 5.79. The molecule has 1 unspecified atom stereocenters. The van der Waals surface area contributed by atoms with Gasteiger partial charge < -0.3 is 20.6 Å². The predicted octanol–water partition coefficient (Wildman–Crippen LogP) is 4.04. The second-order valence-corrected chi connectivity index (χ2v) is 11.3. The average molecular weight is 446 g/mol. The summed E-state index contributed by atoms with van der Waals surface area (Å²) in [5, 5.41) is 33.4. The van der Waals surface area contributed by atoms with Crippen molar-refractivity contribution in [2.45, 2.75) is 103 Å². The smallest absolute Gasteiger partial charge is 0.223 e. The zero-order valence-electron chi connectivity index (χ0n) is 20.5. The van der Waals surface area contributed by atoms with Crippen molar-refractivity contribution in [3.8, 4) is 0 Å². The highest BCUT2D eigenvalue weighted by Crippen LogP contribution is 2.59. The molecule has 3 aliphatic carbocycles. The third-order valence-electron chi connectivity index (χ3n) is 8.74. The summed E-state index contributed by atoms with van der Waals surface area (Å²) in [6, 6.07) is -0.301. The molecule has 0 spiro atoms. The standard InChI is InChI=1S/C27H43NO4/c1-16-20(14-21(29)15-24(16)30)10-9-19-8-7-13-27(6)22(11-12-23(19)27)17(2)25(31)28-18(3)26(4,5)32/h9-10,17-18,21-24,29-30,32H,1,7-8,11-15H2,2-6H3,(H,28,31)/b19-9+,20-10-/t17-,18+,21+,22+,23?,24-,27+/m0/s1. The number of aliphatic hydroxyl groups excluding tert-OH is 2. The van der Waals surface area contributed by atoms with Crippen molar-refractivity contribution in [1.82, 2.24) is 5.32 Å². The van der Waals surface area contributed by atoms with Crippen LogP contribution < -0.4 is 5.32 Å². The van der Waals surface area contributed by atoms with Crippen molar-refractivity contribution in [2.24, 2.45) is 23.2 Å². The Morgan fingerprint density at radius 1 is 1.25 bits per heavy atom. The van der Waals surface area contributed by atoms with Gasteiger partial charge >= 0.3 is 0 Å². The van der Waals surface area contributed by atoms with Crippen molar-refractivity contribution in [1.29, 1.82) is 0 Å².